The van der Waals surface area contributed by atoms with Crippen molar-refractivity contribution < 1.29 is 0 Å². The Kier molecular flexibility index (Phi) is 3.81. The molecule has 21 heavy (non-hydrogen) atoms. The fourth-order valence-corrected chi connectivity index (χ4v) is 2.96. The van der Waals surface area contributed by atoms with Crippen LogP contribution in [-0.2, 0) is 0 Å². The third kappa shape index (κ3) is 2.86. The topological polar surface area (TPSA) is 46.0 Å². The first-order chi connectivity index (χ1) is 10.1. The molecular weight excluding hydrogens is 300 g/mol. The fraction of sp³-hybridized carbons (Fsp3) is 0.133. The maximum absolute atomic E-state index is 5.27. The lowest BCUT2D eigenvalue weighted by Gasteiger charge is -2.01. The largest absolute Gasteiger partial charge is 0.250 e. The van der Waals surface area contributed by atoms with E-state index in [1.54, 1.807) is 16.0 Å². The summed E-state index contributed by atoms with van der Waals surface area (Å²) >= 11 is 6.92. The highest BCUT2D eigenvalue weighted by atomic mass is 32.1. The van der Waals surface area contributed by atoms with Gasteiger partial charge in [0, 0.05) is 5.56 Å². The fourth-order valence-electron chi connectivity index (χ4n) is 2.00. The van der Waals surface area contributed by atoms with E-state index in [9.17, 15) is 0 Å². The average Bonchev–Trinajstić information content (AvgIpc) is 3.03. The summed E-state index contributed by atoms with van der Waals surface area (Å²) in [4.78, 5) is 1.12. The van der Waals surface area contributed by atoms with E-state index in [2.05, 4.69) is 34.4 Å². The zero-order chi connectivity index (χ0) is 14.8. The van der Waals surface area contributed by atoms with Gasteiger partial charge in [-0.1, -0.05) is 23.8 Å². The molecule has 1 aromatic carbocycles. The number of rotatable bonds is 3. The van der Waals surface area contributed by atoms with Crippen molar-refractivity contribution in [3.05, 3.63) is 56.5 Å². The van der Waals surface area contributed by atoms with Gasteiger partial charge in [-0.05, 0) is 49.1 Å². The van der Waals surface area contributed by atoms with Gasteiger partial charge in [-0.2, -0.15) is 14.9 Å². The smallest absolute Gasteiger partial charge is 0.216 e. The number of aromatic nitrogens is 3. The lowest BCUT2D eigenvalue weighted by molar-refractivity contribution is 0.872. The standard InChI is InChI=1S/C15H14N4S2/c1-10-4-3-5-12(8-10)14-17-18-15(20)19(14)16-9-13-11(2)6-7-21-13/h3-9H,1-2H3,(H,18,20)/b16-9-. The Labute approximate surface area is 131 Å². The predicted octanol–water partition coefficient (Wildman–Crippen LogP) is 4.17. The number of thiophene rings is 1. The van der Waals surface area contributed by atoms with Gasteiger partial charge >= 0.3 is 0 Å². The Hall–Kier alpha value is -2.05. The predicted molar refractivity (Wildman–Crippen MR) is 89.6 cm³/mol. The van der Waals surface area contributed by atoms with E-state index in [1.165, 1.54) is 11.1 Å². The van der Waals surface area contributed by atoms with Crippen molar-refractivity contribution in [1.29, 1.82) is 0 Å². The molecular formula is C15H14N4S2. The summed E-state index contributed by atoms with van der Waals surface area (Å²) in [7, 11) is 0. The molecule has 0 aliphatic heterocycles. The molecule has 106 valence electrons. The number of hydrogen-bond donors (Lipinski definition) is 1. The average molecular weight is 314 g/mol. The molecule has 3 rings (SSSR count). The first-order valence-electron chi connectivity index (χ1n) is 6.48. The minimum absolute atomic E-state index is 0.483. The molecule has 4 nitrogen and oxygen atoms in total. The number of aryl methyl sites for hydroxylation is 2. The maximum Gasteiger partial charge on any atom is 0.216 e. The molecule has 0 unspecified atom stereocenters. The first-order valence-corrected chi connectivity index (χ1v) is 7.77. The molecule has 0 aliphatic rings. The first kappa shape index (κ1) is 13.9. The van der Waals surface area contributed by atoms with Crippen LogP contribution in [0.1, 0.15) is 16.0 Å². The van der Waals surface area contributed by atoms with Gasteiger partial charge in [0.2, 0.25) is 4.77 Å². The second kappa shape index (κ2) is 5.75. The lowest BCUT2D eigenvalue weighted by Crippen LogP contribution is -1.95. The second-order valence-electron chi connectivity index (χ2n) is 4.75. The maximum atomic E-state index is 5.27. The van der Waals surface area contributed by atoms with Crippen LogP contribution in [0, 0.1) is 18.6 Å². The highest BCUT2D eigenvalue weighted by Crippen LogP contribution is 2.19. The molecule has 0 spiro atoms. The van der Waals surface area contributed by atoms with Crippen molar-refractivity contribution in [3.63, 3.8) is 0 Å². The molecule has 0 aliphatic carbocycles. The molecule has 2 heterocycles. The molecule has 0 atom stereocenters. The summed E-state index contributed by atoms with van der Waals surface area (Å²) in [6.07, 6.45) is 1.82. The zero-order valence-corrected chi connectivity index (χ0v) is 13.3. The van der Waals surface area contributed by atoms with Gasteiger partial charge in [0.15, 0.2) is 5.82 Å². The molecule has 0 fully saturated rings. The van der Waals surface area contributed by atoms with Gasteiger partial charge in [0.1, 0.15) is 0 Å². The normalized spacial score (nSPS) is 11.3. The molecule has 0 saturated heterocycles. The van der Waals surface area contributed by atoms with E-state index < -0.39 is 0 Å². The van der Waals surface area contributed by atoms with Crippen LogP contribution in [0.5, 0.6) is 0 Å². The number of nitrogens with zero attached hydrogens (tertiary/aromatic N) is 3. The summed E-state index contributed by atoms with van der Waals surface area (Å²) in [6, 6.07) is 10.2. The Balaban J connectivity index is 2.04. The molecule has 0 amide bonds. The molecule has 1 N–H and O–H groups in total. The van der Waals surface area contributed by atoms with Crippen LogP contribution in [0.15, 0.2) is 40.8 Å². The van der Waals surface area contributed by atoms with Crippen LogP contribution >= 0.6 is 23.6 Å². The van der Waals surface area contributed by atoms with Crippen LogP contribution in [0.25, 0.3) is 11.4 Å². The summed E-state index contributed by atoms with van der Waals surface area (Å²) in [5.41, 5.74) is 3.37. The van der Waals surface area contributed by atoms with Crippen LogP contribution in [0.4, 0.5) is 0 Å². The SMILES string of the molecule is Cc1cccc(-c2n[nH]c(=S)n2/N=C\c2sccc2C)c1. The van der Waals surface area contributed by atoms with Gasteiger partial charge in [0.25, 0.3) is 0 Å². The molecule has 3 aromatic rings. The summed E-state index contributed by atoms with van der Waals surface area (Å²) in [5.74, 6) is 0.717. The monoisotopic (exact) mass is 314 g/mol. The van der Waals surface area contributed by atoms with Crippen molar-refractivity contribution in [2.75, 3.05) is 0 Å². The Morgan fingerprint density at radius 2 is 2.19 bits per heavy atom. The third-order valence-corrected chi connectivity index (χ3v) is 4.34. The van der Waals surface area contributed by atoms with E-state index in [4.69, 9.17) is 12.2 Å². The van der Waals surface area contributed by atoms with Gasteiger partial charge in [0.05, 0.1) is 11.1 Å². The summed E-state index contributed by atoms with van der Waals surface area (Å²) < 4.78 is 2.14. The lowest BCUT2D eigenvalue weighted by atomic mass is 10.1. The van der Waals surface area contributed by atoms with Gasteiger partial charge in [-0.3, -0.25) is 0 Å². The van der Waals surface area contributed by atoms with Crippen molar-refractivity contribution in [2.45, 2.75) is 13.8 Å². The number of hydrogen-bond acceptors (Lipinski definition) is 4. The van der Waals surface area contributed by atoms with Gasteiger partial charge in [-0.15, -0.1) is 11.3 Å². The van der Waals surface area contributed by atoms with Crippen LogP contribution in [-0.4, -0.2) is 21.1 Å². The molecule has 0 bridgehead atoms. The van der Waals surface area contributed by atoms with Crippen molar-refractivity contribution in [1.82, 2.24) is 14.9 Å². The quantitative estimate of drug-likeness (QED) is 0.582. The van der Waals surface area contributed by atoms with Crippen LogP contribution in [0.3, 0.4) is 0 Å². The number of benzene rings is 1. The highest BCUT2D eigenvalue weighted by Gasteiger charge is 2.08. The van der Waals surface area contributed by atoms with E-state index in [0.717, 1.165) is 10.4 Å². The van der Waals surface area contributed by atoms with Crippen LogP contribution in [0.2, 0.25) is 0 Å². The van der Waals surface area contributed by atoms with Gasteiger partial charge in [-0.25, -0.2) is 5.10 Å². The highest BCUT2D eigenvalue weighted by molar-refractivity contribution is 7.71. The van der Waals surface area contributed by atoms with E-state index >= 15 is 0 Å². The minimum atomic E-state index is 0.483. The van der Waals surface area contributed by atoms with Crippen molar-refractivity contribution in [2.24, 2.45) is 5.10 Å². The van der Waals surface area contributed by atoms with Crippen molar-refractivity contribution >= 4 is 29.8 Å². The molecule has 2 aromatic heterocycles. The molecule has 0 saturated carbocycles. The Morgan fingerprint density at radius 1 is 1.33 bits per heavy atom. The zero-order valence-electron chi connectivity index (χ0n) is 11.7. The van der Waals surface area contributed by atoms with Gasteiger partial charge < -0.3 is 0 Å². The molecule has 6 heteroatoms. The van der Waals surface area contributed by atoms with E-state index in [-0.39, 0.29) is 0 Å². The van der Waals surface area contributed by atoms with E-state index in [0.29, 0.717) is 10.6 Å². The number of nitrogens with one attached hydrogen (secondary N) is 1. The Morgan fingerprint density at radius 3 is 2.90 bits per heavy atom. The van der Waals surface area contributed by atoms with E-state index in [1.807, 2.05) is 36.7 Å². The minimum Gasteiger partial charge on any atom is -0.250 e. The summed E-state index contributed by atoms with van der Waals surface area (Å²) in [6.45, 7) is 4.11. The molecule has 0 radical (unpaired) electrons. The summed E-state index contributed by atoms with van der Waals surface area (Å²) in [5, 5.41) is 13.6. The van der Waals surface area contributed by atoms with Crippen molar-refractivity contribution in [3.8, 4) is 11.4 Å². The Bertz CT molecular complexity index is 854. The van der Waals surface area contributed by atoms with Crippen LogP contribution < -0.4 is 0 Å². The number of H-pyrrole nitrogens is 1. The number of aromatic amines is 1. The third-order valence-electron chi connectivity index (χ3n) is 3.12. The second-order valence-corrected chi connectivity index (χ2v) is 6.08.